The van der Waals surface area contributed by atoms with Crippen LogP contribution >= 0.6 is 0 Å². The molecule has 1 heterocycles. The van der Waals surface area contributed by atoms with Crippen molar-refractivity contribution in [3.8, 4) is 0 Å². The van der Waals surface area contributed by atoms with Gasteiger partial charge in [-0.25, -0.2) is 4.68 Å². The fourth-order valence-electron chi connectivity index (χ4n) is 3.68. The largest absolute Gasteiger partial charge is 0.326 e. The van der Waals surface area contributed by atoms with E-state index in [1.165, 1.54) is 16.3 Å². The molecule has 0 saturated carbocycles. The van der Waals surface area contributed by atoms with Crippen molar-refractivity contribution < 1.29 is 0 Å². The van der Waals surface area contributed by atoms with Crippen LogP contribution in [-0.4, -0.2) is 20.2 Å². The molecule has 4 aromatic rings. The molecular weight excluding hydrogens is 372 g/mol. The van der Waals surface area contributed by atoms with Gasteiger partial charge in [-0.3, -0.25) is 5.32 Å². The van der Waals surface area contributed by atoms with Crippen molar-refractivity contribution in [2.24, 2.45) is 5.73 Å². The minimum atomic E-state index is -0.227. The Kier molecular flexibility index (Phi) is 5.61. The van der Waals surface area contributed by atoms with Gasteiger partial charge in [0, 0.05) is 13.1 Å². The van der Waals surface area contributed by atoms with E-state index in [9.17, 15) is 0 Å². The number of benzene rings is 3. The SMILES string of the molecule is CC(C)(C)n1nnnc1C(NCc1cccc(CN)c1)c1ccc2ccccc2c1. The Morgan fingerprint density at radius 1 is 0.933 bits per heavy atom. The molecule has 4 rings (SSSR count). The third kappa shape index (κ3) is 4.25. The van der Waals surface area contributed by atoms with E-state index >= 15 is 0 Å². The van der Waals surface area contributed by atoms with Crippen molar-refractivity contribution in [3.63, 3.8) is 0 Å². The van der Waals surface area contributed by atoms with Gasteiger partial charge < -0.3 is 5.73 Å². The van der Waals surface area contributed by atoms with E-state index in [0.717, 1.165) is 17.0 Å². The van der Waals surface area contributed by atoms with Crippen LogP contribution in [0.4, 0.5) is 0 Å². The van der Waals surface area contributed by atoms with Crippen LogP contribution in [0, 0.1) is 0 Å². The van der Waals surface area contributed by atoms with Gasteiger partial charge in [-0.1, -0.05) is 60.7 Å². The molecule has 1 aromatic heterocycles. The van der Waals surface area contributed by atoms with Crippen LogP contribution in [0.5, 0.6) is 0 Å². The van der Waals surface area contributed by atoms with Gasteiger partial charge >= 0.3 is 0 Å². The van der Waals surface area contributed by atoms with Crippen LogP contribution < -0.4 is 11.1 Å². The first-order valence-corrected chi connectivity index (χ1v) is 10.2. The van der Waals surface area contributed by atoms with E-state index in [1.54, 1.807) is 0 Å². The molecule has 0 aliphatic carbocycles. The predicted octanol–water partition coefficient (Wildman–Crippen LogP) is 3.92. The van der Waals surface area contributed by atoms with E-state index in [1.807, 2.05) is 16.8 Å². The lowest BCUT2D eigenvalue weighted by Crippen LogP contribution is -2.32. The van der Waals surface area contributed by atoms with E-state index in [0.29, 0.717) is 13.1 Å². The summed E-state index contributed by atoms with van der Waals surface area (Å²) < 4.78 is 1.90. The summed E-state index contributed by atoms with van der Waals surface area (Å²) in [6, 6.07) is 23.1. The van der Waals surface area contributed by atoms with Gasteiger partial charge in [0.2, 0.25) is 0 Å². The highest BCUT2D eigenvalue weighted by atomic mass is 15.6. The molecule has 0 spiro atoms. The van der Waals surface area contributed by atoms with Crippen molar-refractivity contribution in [2.45, 2.75) is 45.4 Å². The molecule has 1 atom stereocenters. The maximum Gasteiger partial charge on any atom is 0.173 e. The second-order valence-electron chi connectivity index (χ2n) is 8.56. The molecule has 3 aromatic carbocycles. The summed E-state index contributed by atoms with van der Waals surface area (Å²) >= 11 is 0. The summed E-state index contributed by atoms with van der Waals surface area (Å²) in [6.07, 6.45) is 0. The van der Waals surface area contributed by atoms with Crippen LogP contribution in [0.25, 0.3) is 10.8 Å². The van der Waals surface area contributed by atoms with Crippen molar-refractivity contribution >= 4 is 10.8 Å². The second kappa shape index (κ2) is 8.34. The molecule has 6 nitrogen and oxygen atoms in total. The number of rotatable bonds is 6. The first-order chi connectivity index (χ1) is 14.5. The maximum absolute atomic E-state index is 5.81. The zero-order valence-electron chi connectivity index (χ0n) is 17.7. The molecule has 1 unspecified atom stereocenters. The fourth-order valence-corrected chi connectivity index (χ4v) is 3.68. The molecule has 0 radical (unpaired) electrons. The Balaban J connectivity index is 1.73. The average Bonchev–Trinajstić information content (AvgIpc) is 3.24. The lowest BCUT2D eigenvalue weighted by molar-refractivity contribution is 0.325. The number of hydrogen-bond acceptors (Lipinski definition) is 5. The van der Waals surface area contributed by atoms with Crippen molar-refractivity contribution in [1.29, 1.82) is 0 Å². The molecule has 3 N–H and O–H groups in total. The van der Waals surface area contributed by atoms with Gasteiger partial charge in [-0.2, -0.15) is 0 Å². The predicted molar refractivity (Wildman–Crippen MR) is 120 cm³/mol. The molecule has 0 aliphatic rings. The quantitative estimate of drug-likeness (QED) is 0.513. The normalized spacial score (nSPS) is 12.9. The highest BCUT2D eigenvalue weighted by molar-refractivity contribution is 5.83. The fraction of sp³-hybridized carbons (Fsp3) is 0.292. The first-order valence-electron chi connectivity index (χ1n) is 10.2. The van der Waals surface area contributed by atoms with Crippen LogP contribution in [0.2, 0.25) is 0 Å². The maximum atomic E-state index is 5.81. The third-order valence-corrected chi connectivity index (χ3v) is 5.23. The van der Waals surface area contributed by atoms with Gasteiger partial charge in [0.1, 0.15) is 0 Å². The van der Waals surface area contributed by atoms with Gasteiger partial charge in [-0.15, -0.1) is 5.10 Å². The monoisotopic (exact) mass is 400 g/mol. The third-order valence-electron chi connectivity index (χ3n) is 5.23. The number of nitrogens with two attached hydrogens (primary N) is 1. The molecular formula is C24H28N6. The number of tetrazole rings is 1. The zero-order chi connectivity index (χ0) is 21.1. The van der Waals surface area contributed by atoms with Gasteiger partial charge in [0.15, 0.2) is 5.82 Å². The molecule has 6 heteroatoms. The minimum Gasteiger partial charge on any atom is -0.326 e. The molecule has 30 heavy (non-hydrogen) atoms. The number of nitrogens with zero attached hydrogens (tertiary/aromatic N) is 4. The number of aromatic nitrogens is 4. The van der Waals surface area contributed by atoms with Crippen LogP contribution in [0.15, 0.2) is 66.7 Å². The molecule has 0 bridgehead atoms. The summed E-state index contributed by atoms with van der Waals surface area (Å²) in [6.45, 7) is 7.53. The molecule has 154 valence electrons. The van der Waals surface area contributed by atoms with Crippen molar-refractivity contribution in [3.05, 3.63) is 89.2 Å². The summed E-state index contributed by atoms with van der Waals surface area (Å²) in [5.41, 5.74) is 9.02. The lowest BCUT2D eigenvalue weighted by Gasteiger charge is -2.25. The Bertz CT molecular complexity index is 1140. The summed E-state index contributed by atoms with van der Waals surface area (Å²) in [5, 5.41) is 18.8. The number of fused-ring (bicyclic) bond motifs is 1. The Labute approximate surface area is 177 Å². The summed E-state index contributed by atoms with van der Waals surface area (Å²) in [5.74, 6) is 0.799. The van der Waals surface area contributed by atoms with Gasteiger partial charge in [0.05, 0.1) is 11.6 Å². The highest BCUT2D eigenvalue weighted by Gasteiger charge is 2.27. The molecule has 0 aliphatic heterocycles. The van der Waals surface area contributed by atoms with Crippen LogP contribution in [0.1, 0.15) is 49.3 Å². The molecule has 0 saturated heterocycles. The van der Waals surface area contributed by atoms with Gasteiger partial charge in [0.25, 0.3) is 0 Å². The number of nitrogens with one attached hydrogen (secondary N) is 1. The van der Waals surface area contributed by atoms with E-state index in [4.69, 9.17) is 5.73 Å². The van der Waals surface area contributed by atoms with Crippen LogP contribution in [-0.2, 0) is 18.6 Å². The Hall–Kier alpha value is -3.09. The zero-order valence-corrected chi connectivity index (χ0v) is 17.7. The van der Waals surface area contributed by atoms with Gasteiger partial charge in [-0.05, 0) is 64.7 Å². The van der Waals surface area contributed by atoms with E-state index < -0.39 is 0 Å². The summed E-state index contributed by atoms with van der Waals surface area (Å²) in [4.78, 5) is 0. The summed E-state index contributed by atoms with van der Waals surface area (Å²) in [7, 11) is 0. The lowest BCUT2D eigenvalue weighted by atomic mass is 10.00. The molecule has 0 fully saturated rings. The number of hydrogen-bond donors (Lipinski definition) is 2. The Morgan fingerprint density at radius 2 is 1.70 bits per heavy atom. The average molecular weight is 401 g/mol. The topological polar surface area (TPSA) is 81.7 Å². The minimum absolute atomic E-state index is 0.148. The molecule has 0 amide bonds. The highest BCUT2D eigenvalue weighted by Crippen LogP contribution is 2.27. The first kappa shape index (κ1) is 20.2. The smallest absolute Gasteiger partial charge is 0.173 e. The second-order valence-corrected chi connectivity index (χ2v) is 8.56. The van der Waals surface area contributed by atoms with E-state index in [2.05, 4.69) is 96.2 Å². The van der Waals surface area contributed by atoms with E-state index in [-0.39, 0.29) is 11.6 Å². The van der Waals surface area contributed by atoms with Crippen LogP contribution in [0.3, 0.4) is 0 Å². The van der Waals surface area contributed by atoms with Crippen molar-refractivity contribution in [1.82, 2.24) is 25.5 Å². The van der Waals surface area contributed by atoms with Crippen molar-refractivity contribution in [2.75, 3.05) is 0 Å². The Morgan fingerprint density at radius 3 is 2.47 bits per heavy atom. The standard InChI is InChI=1S/C24H28N6/c1-24(2,3)30-23(27-28-29-30)22(26-16-18-8-6-7-17(13-18)15-25)21-12-11-19-9-4-5-10-20(19)14-21/h4-14,22,26H,15-16,25H2,1-3H3.